The molecule has 1 aromatic carbocycles. The van der Waals surface area contributed by atoms with E-state index < -0.39 is 0 Å². The number of hydrogen-bond donors (Lipinski definition) is 0. The van der Waals surface area contributed by atoms with E-state index in [1.807, 2.05) is 26.0 Å². The summed E-state index contributed by atoms with van der Waals surface area (Å²) in [5.41, 5.74) is 2.34. The second kappa shape index (κ2) is 5.94. The maximum Gasteiger partial charge on any atom is 0.237 e. The molecule has 104 valence electrons. The van der Waals surface area contributed by atoms with E-state index in [1.54, 1.807) is 18.2 Å². The highest BCUT2D eigenvalue weighted by atomic mass is 16.5. The lowest BCUT2D eigenvalue weighted by Gasteiger charge is -2.10. The van der Waals surface area contributed by atoms with Gasteiger partial charge in [0.1, 0.15) is 23.1 Å². The molecular weight excluding hydrogens is 266 g/mol. The Hall–Kier alpha value is -3.05. The number of nitriles is 2. The van der Waals surface area contributed by atoms with E-state index in [0.29, 0.717) is 22.6 Å². The van der Waals surface area contributed by atoms with Crippen LogP contribution in [-0.4, -0.2) is 12.1 Å². The first kappa shape index (κ1) is 14.4. The first-order valence-electron chi connectivity index (χ1n) is 6.22. The van der Waals surface area contributed by atoms with Gasteiger partial charge < -0.3 is 9.47 Å². The van der Waals surface area contributed by atoms with E-state index in [0.717, 1.165) is 11.3 Å². The predicted octanol–water partition coefficient (Wildman–Crippen LogP) is 3.24. The van der Waals surface area contributed by atoms with Crippen molar-refractivity contribution in [2.24, 2.45) is 0 Å². The molecule has 1 aromatic heterocycles. The SMILES string of the molecule is COc1cc(C#N)cc(Oc2nc(C)cc(C)c2C#N)c1. The molecule has 0 saturated heterocycles. The van der Waals surface area contributed by atoms with Crippen molar-refractivity contribution in [3.05, 3.63) is 46.6 Å². The van der Waals surface area contributed by atoms with E-state index in [1.165, 1.54) is 7.11 Å². The minimum Gasteiger partial charge on any atom is -0.497 e. The molecule has 0 radical (unpaired) electrons. The molecule has 0 bridgehead atoms. The van der Waals surface area contributed by atoms with Crippen LogP contribution < -0.4 is 9.47 Å². The third kappa shape index (κ3) is 3.10. The third-order valence-corrected chi connectivity index (χ3v) is 2.88. The van der Waals surface area contributed by atoms with Crippen LogP contribution in [0.15, 0.2) is 24.3 Å². The molecule has 2 aromatic rings. The fourth-order valence-corrected chi connectivity index (χ4v) is 1.94. The molecule has 21 heavy (non-hydrogen) atoms. The molecular formula is C16H13N3O2. The van der Waals surface area contributed by atoms with E-state index in [9.17, 15) is 5.26 Å². The molecule has 5 nitrogen and oxygen atoms in total. The van der Waals surface area contributed by atoms with Gasteiger partial charge in [0.15, 0.2) is 0 Å². The molecule has 0 fully saturated rings. The van der Waals surface area contributed by atoms with Crippen molar-refractivity contribution in [1.82, 2.24) is 4.98 Å². The molecule has 0 aliphatic carbocycles. The van der Waals surface area contributed by atoms with Crippen LogP contribution in [0.25, 0.3) is 0 Å². The first-order valence-corrected chi connectivity index (χ1v) is 6.22. The van der Waals surface area contributed by atoms with E-state index >= 15 is 0 Å². The Bertz CT molecular complexity index is 770. The maximum absolute atomic E-state index is 9.22. The quantitative estimate of drug-likeness (QED) is 0.861. The molecule has 0 saturated carbocycles. The summed E-state index contributed by atoms with van der Waals surface area (Å²) in [6, 6.07) is 10.8. The Morgan fingerprint density at radius 3 is 2.33 bits per heavy atom. The second-order valence-corrected chi connectivity index (χ2v) is 4.48. The minimum absolute atomic E-state index is 0.229. The zero-order valence-corrected chi connectivity index (χ0v) is 12.0. The Kier molecular flexibility index (Phi) is 4.06. The largest absolute Gasteiger partial charge is 0.497 e. The number of benzene rings is 1. The smallest absolute Gasteiger partial charge is 0.237 e. The number of aryl methyl sites for hydroxylation is 2. The number of nitrogens with zero attached hydrogens (tertiary/aromatic N) is 3. The topological polar surface area (TPSA) is 78.9 Å². The molecule has 0 N–H and O–H groups in total. The van der Waals surface area contributed by atoms with Crippen LogP contribution in [0.4, 0.5) is 0 Å². The molecule has 5 heteroatoms. The number of hydrogen-bond acceptors (Lipinski definition) is 5. The van der Waals surface area contributed by atoms with Crippen molar-refractivity contribution < 1.29 is 9.47 Å². The van der Waals surface area contributed by atoms with Crippen LogP contribution in [0.5, 0.6) is 17.4 Å². The summed E-state index contributed by atoms with van der Waals surface area (Å²) in [6.07, 6.45) is 0. The average Bonchev–Trinajstić information content (AvgIpc) is 2.46. The second-order valence-electron chi connectivity index (χ2n) is 4.48. The molecule has 2 rings (SSSR count). The number of aromatic nitrogens is 1. The van der Waals surface area contributed by atoms with Gasteiger partial charge in [-0.15, -0.1) is 0 Å². The number of ether oxygens (including phenoxy) is 2. The van der Waals surface area contributed by atoms with Crippen LogP contribution in [-0.2, 0) is 0 Å². The monoisotopic (exact) mass is 279 g/mol. The Labute approximate surface area is 123 Å². The summed E-state index contributed by atoms with van der Waals surface area (Å²) in [5.74, 6) is 1.14. The van der Waals surface area contributed by atoms with Crippen molar-refractivity contribution >= 4 is 0 Å². The van der Waals surface area contributed by atoms with Gasteiger partial charge >= 0.3 is 0 Å². The lowest BCUT2D eigenvalue weighted by molar-refractivity contribution is 0.407. The maximum atomic E-state index is 9.22. The van der Waals surface area contributed by atoms with Crippen molar-refractivity contribution in [2.75, 3.05) is 7.11 Å². The van der Waals surface area contributed by atoms with Crippen molar-refractivity contribution in [3.63, 3.8) is 0 Å². The Morgan fingerprint density at radius 1 is 1.00 bits per heavy atom. The third-order valence-electron chi connectivity index (χ3n) is 2.88. The Balaban J connectivity index is 2.48. The van der Waals surface area contributed by atoms with Crippen LogP contribution in [0.2, 0.25) is 0 Å². The lowest BCUT2D eigenvalue weighted by atomic mass is 10.1. The molecule has 0 amide bonds. The number of rotatable bonds is 3. The molecule has 0 atom stereocenters. The fraction of sp³-hybridized carbons (Fsp3) is 0.188. The van der Waals surface area contributed by atoms with E-state index in [2.05, 4.69) is 11.1 Å². The van der Waals surface area contributed by atoms with Crippen molar-refractivity contribution in [2.45, 2.75) is 13.8 Å². The molecule has 1 heterocycles. The van der Waals surface area contributed by atoms with E-state index in [-0.39, 0.29) is 5.88 Å². The summed E-state index contributed by atoms with van der Waals surface area (Å²) in [5, 5.41) is 18.2. The van der Waals surface area contributed by atoms with Crippen molar-refractivity contribution in [3.8, 4) is 29.5 Å². The zero-order chi connectivity index (χ0) is 15.4. The molecule has 0 spiro atoms. The Morgan fingerprint density at radius 2 is 1.71 bits per heavy atom. The van der Waals surface area contributed by atoms with Gasteiger partial charge in [-0.25, -0.2) is 4.98 Å². The van der Waals surface area contributed by atoms with Gasteiger partial charge in [-0.2, -0.15) is 10.5 Å². The highest BCUT2D eigenvalue weighted by Crippen LogP contribution is 2.29. The molecule has 0 aliphatic rings. The van der Waals surface area contributed by atoms with Gasteiger partial charge in [0, 0.05) is 11.8 Å². The highest BCUT2D eigenvalue weighted by Gasteiger charge is 2.12. The molecule has 0 unspecified atom stereocenters. The van der Waals surface area contributed by atoms with Gasteiger partial charge in [-0.3, -0.25) is 0 Å². The first-order chi connectivity index (χ1) is 10.1. The van der Waals surface area contributed by atoms with Gasteiger partial charge in [-0.05, 0) is 37.6 Å². The van der Waals surface area contributed by atoms with Crippen molar-refractivity contribution in [1.29, 1.82) is 10.5 Å². The molecule has 0 aliphatic heterocycles. The summed E-state index contributed by atoms with van der Waals surface area (Å²) in [7, 11) is 1.51. The summed E-state index contributed by atoms with van der Waals surface area (Å²) in [4.78, 5) is 4.24. The highest BCUT2D eigenvalue weighted by molar-refractivity contribution is 5.49. The predicted molar refractivity (Wildman–Crippen MR) is 76.2 cm³/mol. The lowest BCUT2D eigenvalue weighted by Crippen LogP contribution is -1.97. The normalized spacial score (nSPS) is 9.57. The fourth-order valence-electron chi connectivity index (χ4n) is 1.94. The van der Waals surface area contributed by atoms with Gasteiger partial charge in [-0.1, -0.05) is 0 Å². The summed E-state index contributed by atoms with van der Waals surface area (Å²) in [6.45, 7) is 3.65. The summed E-state index contributed by atoms with van der Waals surface area (Å²) >= 11 is 0. The number of methoxy groups -OCH3 is 1. The average molecular weight is 279 g/mol. The van der Waals surface area contributed by atoms with Crippen LogP contribution in [0.3, 0.4) is 0 Å². The van der Waals surface area contributed by atoms with Gasteiger partial charge in [0.05, 0.1) is 18.7 Å². The van der Waals surface area contributed by atoms with Gasteiger partial charge in [0.2, 0.25) is 5.88 Å². The van der Waals surface area contributed by atoms with Crippen LogP contribution in [0, 0.1) is 36.5 Å². The van der Waals surface area contributed by atoms with Gasteiger partial charge in [0.25, 0.3) is 0 Å². The van der Waals surface area contributed by atoms with Crippen LogP contribution in [0.1, 0.15) is 22.4 Å². The number of pyridine rings is 1. The standard InChI is InChI=1S/C16H13N3O2/c1-10-4-11(2)19-16(15(10)9-18)21-14-6-12(8-17)5-13(7-14)20-3/h4-7H,1-3H3. The van der Waals surface area contributed by atoms with E-state index in [4.69, 9.17) is 14.7 Å². The minimum atomic E-state index is 0.229. The zero-order valence-electron chi connectivity index (χ0n) is 12.0. The van der Waals surface area contributed by atoms with Crippen LogP contribution >= 0.6 is 0 Å². The summed E-state index contributed by atoms with van der Waals surface area (Å²) < 4.78 is 10.8.